The van der Waals surface area contributed by atoms with E-state index in [1.807, 2.05) is 41.5 Å². The van der Waals surface area contributed by atoms with Gasteiger partial charge >= 0.3 is 0 Å². The second-order valence-electron chi connectivity index (χ2n) is 4.02. The van der Waals surface area contributed by atoms with Gasteiger partial charge in [0.2, 0.25) is 0 Å². The Hall–Kier alpha value is -0.780. The smallest absolute Gasteiger partial charge is 0.0307 e. The molecule has 0 unspecified atom stereocenters. The van der Waals surface area contributed by atoms with Gasteiger partial charge in [-0.3, -0.25) is 0 Å². The maximum absolute atomic E-state index is 2.28. The molecule has 0 spiro atoms. The van der Waals surface area contributed by atoms with Crippen LogP contribution in [-0.2, 0) is 6.42 Å². The Kier molecular flexibility index (Phi) is 24.0. The predicted octanol–water partition coefficient (Wildman–Crippen LogP) is 7.05. The fourth-order valence-corrected chi connectivity index (χ4v) is 0.990. The van der Waals surface area contributed by atoms with Gasteiger partial charge in [-0.05, 0) is 24.8 Å². The van der Waals surface area contributed by atoms with Crippen LogP contribution in [0.4, 0.5) is 0 Å². The molecule has 1 aromatic rings. The molecule has 0 bridgehead atoms. The highest BCUT2D eigenvalue weighted by atomic mass is 14.2. The van der Waals surface area contributed by atoms with Crippen LogP contribution in [0.2, 0.25) is 0 Å². The third-order valence-corrected chi connectivity index (χ3v) is 2.39. The maximum Gasteiger partial charge on any atom is -0.0307 e. The van der Waals surface area contributed by atoms with E-state index < -0.39 is 0 Å². The Labute approximate surface area is 123 Å². The summed E-state index contributed by atoms with van der Waals surface area (Å²) in [6.45, 7) is 18.6. The van der Waals surface area contributed by atoms with Gasteiger partial charge in [0.15, 0.2) is 0 Å². The molecule has 2 rings (SSSR count). The van der Waals surface area contributed by atoms with Crippen LogP contribution < -0.4 is 0 Å². The molecular weight excluding hydrogens is 228 g/mol. The first-order chi connectivity index (χ1) is 9.22. The van der Waals surface area contributed by atoms with Gasteiger partial charge in [-0.1, -0.05) is 98.1 Å². The van der Waals surface area contributed by atoms with E-state index in [0.29, 0.717) is 0 Å². The van der Waals surface area contributed by atoms with Crippen LogP contribution in [-0.4, -0.2) is 0 Å². The fraction of sp³-hybridized carbons (Fsp3) is 0.684. The molecule has 1 aliphatic carbocycles. The third-order valence-electron chi connectivity index (χ3n) is 2.39. The van der Waals surface area contributed by atoms with Crippen molar-refractivity contribution >= 4 is 0 Å². The Morgan fingerprint density at radius 2 is 1.16 bits per heavy atom. The summed E-state index contributed by atoms with van der Waals surface area (Å²) in [7, 11) is 0. The van der Waals surface area contributed by atoms with Gasteiger partial charge < -0.3 is 0 Å². The topological polar surface area (TPSA) is 0 Å². The fourth-order valence-electron chi connectivity index (χ4n) is 0.990. The lowest BCUT2D eigenvalue weighted by Crippen LogP contribution is -1.77. The number of hydrogen-bond donors (Lipinski definition) is 0. The quantitative estimate of drug-likeness (QED) is 0.510. The molecule has 0 nitrogen and oxygen atoms in total. The molecule has 0 aromatic heterocycles. The summed E-state index contributed by atoms with van der Waals surface area (Å²) in [5.41, 5.74) is 2.76. The van der Waals surface area contributed by atoms with Crippen molar-refractivity contribution in [1.29, 1.82) is 0 Å². The summed E-state index contributed by atoms with van der Waals surface area (Å²) in [4.78, 5) is 0. The van der Waals surface area contributed by atoms with Gasteiger partial charge in [-0.25, -0.2) is 0 Å². The Bertz CT molecular complexity index is 229. The van der Waals surface area contributed by atoms with Crippen LogP contribution >= 0.6 is 0 Å². The van der Waals surface area contributed by atoms with Gasteiger partial charge in [0.25, 0.3) is 0 Å². The van der Waals surface area contributed by atoms with Gasteiger partial charge in [0, 0.05) is 0 Å². The normalized spacial score (nSPS) is 11.0. The molecular formula is C19H38. The molecule has 1 aromatic carbocycles. The number of rotatable bonds is 1. The average Bonchev–Trinajstić information content (AvgIpc) is 3.29. The van der Waals surface area contributed by atoms with E-state index in [1.54, 1.807) is 0 Å². The summed E-state index contributed by atoms with van der Waals surface area (Å²) in [6, 6.07) is 8.66. The van der Waals surface area contributed by atoms with Crippen LogP contribution in [0, 0.1) is 12.8 Å². The molecule has 114 valence electrons. The highest BCUT2D eigenvalue weighted by Gasteiger charge is 2.12. The highest BCUT2D eigenvalue weighted by molar-refractivity contribution is 5.20. The van der Waals surface area contributed by atoms with E-state index in [1.165, 1.54) is 24.0 Å². The summed E-state index contributed by atoms with van der Waals surface area (Å²) >= 11 is 0. The predicted molar refractivity (Wildman–Crippen MR) is 93.0 cm³/mol. The van der Waals surface area contributed by atoms with Crippen molar-refractivity contribution in [2.24, 2.45) is 5.92 Å². The van der Waals surface area contributed by atoms with Crippen molar-refractivity contribution < 1.29 is 0 Å². The molecule has 0 radical (unpaired) electrons. The molecule has 0 N–H and O–H groups in total. The van der Waals surface area contributed by atoms with Crippen LogP contribution in [0.25, 0.3) is 0 Å². The Balaban J connectivity index is -0.000000215. The Morgan fingerprint density at radius 1 is 0.842 bits per heavy atom. The van der Waals surface area contributed by atoms with Crippen molar-refractivity contribution in [2.45, 2.75) is 81.6 Å². The lowest BCUT2D eigenvalue weighted by molar-refractivity contribution is 0.983. The molecule has 0 amide bonds. The standard InChI is InChI=1S/C9H12.C4H8.3C2H6/c1-3-9-6-4-8(2)5-7-9;1-4-2-3-4;3*1-2/h4-7H,3H2,1-2H3;4H,2-3H2,1H3;3*1-2H3. The Morgan fingerprint density at radius 3 is 1.37 bits per heavy atom. The van der Waals surface area contributed by atoms with E-state index in [-0.39, 0.29) is 0 Å². The lowest BCUT2D eigenvalue weighted by atomic mass is 10.1. The molecule has 1 saturated carbocycles. The molecule has 0 saturated heterocycles. The first-order valence-corrected chi connectivity index (χ1v) is 8.28. The minimum Gasteiger partial charge on any atom is -0.0683 e. The van der Waals surface area contributed by atoms with Gasteiger partial charge in [0.05, 0.1) is 0 Å². The molecule has 1 aliphatic rings. The number of aryl methyl sites for hydroxylation is 2. The van der Waals surface area contributed by atoms with Crippen molar-refractivity contribution in [3.63, 3.8) is 0 Å². The van der Waals surface area contributed by atoms with E-state index in [2.05, 4.69) is 45.0 Å². The van der Waals surface area contributed by atoms with Crippen molar-refractivity contribution in [1.82, 2.24) is 0 Å². The molecule has 19 heavy (non-hydrogen) atoms. The molecule has 0 atom stereocenters. The zero-order chi connectivity index (χ0) is 15.7. The van der Waals surface area contributed by atoms with Crippen LogP contribution in [0.1, 0.15) is 79.4 Å². The van der Waals surface area contributed by atoms with E-state index >= 15 is 0 Å². The van der Waals surface area contributed by atoms with Gasteiger partial charge in [0.1, 0.15) is 0 Å². The van der Waals surface area contributed by atoms with Crippen molar-refractivity contribution in [2.75, 3.05) is 0 Å². The maximum atomic E-state index is 2.28. The molecule has 1 fully saturated rings. The van der Waals surface area contributed by atoms with E-state index in [4.69, 9.17) is 0 Å². The summed E-state index contributed by atoms with van der Waals surface area (Å²) in [5, 5.41) is 0. The van der Waals surface area contributed by atoms with Gasteiger partial charge in [-0.15, -0.1) is 0 Å². The SMILES string of the molecule is CC.CC.CC.CC1CC1.CCc1ccc(C)cc1. The minimum atomic E-state index is 1.08. The zero-order valence-corrected chi connectivity index (χ0v) is 15.0. The second kappa shape index (κ2) is 19.6. The van der Waals surface area contributed by atoms with Crippen molar-refractivity contribution in [3.8, 4) is 0 Å². The average molecular weight is 267 g/mol. The van der Waals surface area contributed by atoms with Crippen LogP contribution in [0.15, 0.2) is 24.3 Å². The summed E-state index contributed by atoms with van der Waals surface area (Å²) in [6.07, 6.45) is 4.11. The largest absolute Gasteiger partial charge is 0.0683 e. The molecule has 0 heteroatoms. The first kappa shape index (κ1) is 23.3. The monoisotopic (exact) mass is 266 g/mol. The second-order valence-corrected chi connectivity index (χ2v) is 4.02. The summed E-state index contributed by atoms with van der Waals surface area (Å²) < 4.78 is 0. The zero-order valence-electron chi connectivity index (χ0n) is 15.0. The van der Waals surface area contributed by atoms with Gasteiger partial charge in [-0.2, -0.15) is 0 Å². The first-order valence-electron chi connectivity index (χ1n) is 8.28. The van der Waals surface area contributed by atoms with Crippen LogP contribution in [0.5, 0.6) is 0 Å². The van der Waals surface area contributed by atoms with Crippen molar-refractivity contribution in [3.05, 3.63) is 35.4 Å². The van der Waals surface area contributed by atoms with E-state index in [0.717, 1.165) is 12.3 Å². The summed E-state index contributed by atoms with van der Waals surface area (Å²) in [5.74, 6) is 1.08. The van der Waals surface area contributed by atoms with E-state index in [9.17, 15) is 0 Å². The number of benzene rings is 1. The molecule has 0 heterocycles. The minimum absolute atomic E-state index is 1.08. The third kappa shape index (κ3) is 19.7. The van der Waals surface area contributed by atoms with Crippen LogP contribution in [0.3, 0.4) is 0 Å². The highest BCUT2D eigenvalue weighted by Crippen LogP contribution is 2.26. The lowest BCUT2D eigenvalue weighted by Gasteiger charge is -1.94. The number of hydrogen-bond acceptors (Lipinski definition) is 0. The molecule has 0 aliphatic heterocycles.